The third-order valence-corrected chi connectivity index (χ3v) is 10.9. The Bertz CT molecular complexity index is 1200. The molecule has 2 aromatic rings. The second-order valence-corrected chi connectivity index (χ2v) is 13.3. The fourth-order valence-electron chi connectivity index (χ4n) is 4.53. The quantitative estimate of drug-likeness (QED) is 0.125. The summed E-state index contributed by atoms with van der Waals surface area (Å²) in [5.41, 5.74) is 6.04. The number of β-lactam (4-membered cyclic amide) rings is 1. The fourth-order valence-corrected chi connectivity index (χ4v) is 8.31. The maximum Gasteiger partial charge on any atom is 0.313 e. The van der Waals surface area contributed by atoms with E-state index in [0.717, 1.165) is 50.1 Å². The molecule has 4 heterocycles. The van der Waals surface area contributed by atoms with Gasteiger partial charge in [-0.05, 0) is 25.7 Å². The van der Waals surface area contributed by atoms with E-state index in [4.69, 9.17) is 10.6 Å². The first-order valence-corrected chi connectivity index (χ1v) is 15.7. The predicted molar refractivity (Wildman–Crippen MR) is 144 cm³/mol. The number of hydrogen-bond acceptors (Lipinski definition) is 14. The Kier molecular flexibility index (Phi) is 8.35. The van der Waals surface area contributed by atoms with Gasteiger partial charge in [-0.1, -0.05) is 41.1 Å². The number of aliphatic carboxylic acids is 1. The predicted octanol–water partition coefficient (Wildman–Crippen LogP) is 1.68. The molecule has 1 aliphatic carbocycles. The van der Waals surface area contributed by atoms with E-state index in [0.29, 0.717) is 4.34 Å². The number of thioether (sulfide) groups is 2. The first-order chi connectivity index (χ1) is 18.4. The normalized spacial score (nSPS) is 26.3. The summed E-state index contributed by atoms with van der Waals surface area (Å²) in [6.45, 7) is 0.0485. The minimum absolute atomic E-state index is 0.0390. The number of nitrogen functional groups attached to an aromatic ring is 1. The molecule has 0 spiro atoms. The topological polar surface area (TPSA) is 186 Å². The standard InChI is InChI=1S/C21H26N8O5S4/c22-19-25-14(28-38-19)12(27-34-11-5-3-1-2-4-6-11)15(30)24-13-16(31)29-7-21(18(32)33,8-35-17(13)29)9-36-20-26-23-10-37-20/h10-11,13,17H,1-9H2,(H,24,30)(H,32,33)(H2,22,25,28)/t13?,17-,21?/m1/s1. The van der Waals surface area contributed by atoms with Gasteiger partial charge in [0.05, 0.1) is 0 Å². The summed E-state index contributed by atoms with van der Waals surface area (Å²) in [5.74, 6) is -1.39. The lowest BCUT2D eigenvalue weighted by molar-refractivity contribution is -0.157. The van der Waals surface area contributed by atoms with E-state index in [9.17, 15) is 19.5 Å². The highest BCUT2D eigenvalue weighted by Gasteiger charge is 2.57. The van der Waals surface area contributed by atoms with E-state index in [1.165, 1.54) is 39.8 Å². The van der Waals surface area contributed by atoms with Gasteiger partial charge in [0.1, 0.15) is 28.4 Å². The smallest absolute Gasteiger partial charge is 0.313 e. The molecular weight excluding hydrogens is 573 g/mol. The van der Waals surface area contributed by atoms with Crippen molar-refractivity contribution in [2.24, 2.45) is 10.6 Å². The summed E-state index contributed by atoms with van der Waals surface area (Å²) < 4.78 is 4.78. The van der Waals surface area contributed by atoms with E-state index in [2.05, 4.69) is 30.0 Å². The SMILES string of the molecule is Nc1nc(C(=NOC2CCCCCC2)C(=O)NC2C(=O)N3CC(CSc4nncs4)(C(=O)O)CS[C@H]23)ns1. The Balaban J connectivity index is 1.25. The van der Waals surface area contributed by atoms with Crippen molar-refractivity contribution >= 4 is 75.0 Å². The molecule has 17 heteroatoms. The number of oxime groups is 1. The second kappa shape index (κ2) is 11.7. The molecule has 2 aliphatic heterocycles. The van der Waals surface area contributed by atoms with Crippen LogP contribution in [-0.2, 0) is 19.2 Å². The maximum atomic E-state index is 13.3. The Morgan fingerprint density at radius 1 is 1.32 bits per heavy atom. The van der Waals surface area contributed by atoms with Crippen LogP contribution in [0.2, 0.25) is 0 Å². The lowest BCUT2D eigenvalue weighted by atomic mass is 9.89. The Labute approximate surface area is 234 Å². The van der Waals surface area contributed by atoms with Crippen molar-refractivity contribution in [3.8, 4) is 0 Å². The highest BCUT2D eigenvalue weighted by molar-refractivity contribution is 8.01. The summed E-state index contributed by atoms with van der Waals surface area (Å²) in [6, 6.07) is -0.825. The minimum Gasteiger partial charge on any atom is -0.481 e. The van der Waals surface area contributed by atoms with Crippen LogP contribution < -0.4 is 11.1 Å². The molecule has 2 saturated heterocycles. The summed E-state index contributed by atoms with van der Waals surface area (Å²) in [6.07, 6.45) is 5.95. The zero-order valence-corrected chi connectivity index (χ0v) is 23.4. The number of nitrogens with one attached hydrogen (secondary N) is 1. The largest absolute Gasteiger partial charge is 0.481 e. The molecule has 0 radical (unpaired) electrons. The van der Waals surface area contributed by atoms with Crippen molar-refractivity contribution in [1.29, 1.82) is 0 Å². The van der Waals surface area contributed by atoms with Crippen molar-refractivity contribution in [3.05, 3.63) is 11.3 Å². The third kappa shape index (κ3) is 5.74. The molecule has 2 aromatic heterocycles. The number of rotatable bonds is 9. The van der Waals surface area contributed by atoms with Gasteiger partial charge in [0, 0.05) is 29.6 Å². The Morgan fingerprint density at radius 3 is 2.76 bits per heavy atom. The highest BCUT2D eigenvalue weighted by Crippen LogP contribution is 2.44. The van der Waals surface area contributed by atoms with Gasteiger partial charge in [-0.25, -0.2) is 0 Å². The first-order valence-electron chi connectivity index (χ1n) is 12.0. The molecule has 13 nitrogen and oxygen atoms in total. The number of carboxylic acid groups (broad SMARTS) is 1. The van der Waals surface area contributed by atoms with Gasteiger partial charge < -0.3 is 25.9 Å². The molecule has 2 unspecified atom stereocenters. The average Bonchev–Trinajstić information content (AvgIpc) is 3.52. The average molecular weight is 599 g/mol. The summed E-state index contributed by atoms with van der Waals surface area (Å²) in [7, 11) is 0. The molecule has 0 bridgehead atoms. The van der Waals surface area contributed by atoms with Gasteiger partial charge in [0.2, 0.25) is 17.4 Å². The van der Waals surface area contributed by atoms with Gasteiger partial charge in [-0.2, -0.15) is 9.36 Å². The molecule has 3 atom stereocenters. The molecule has 4 N–H and O–H groups in total. The van der Waals surface area contributed by atoms with Crippen LogP contribution in [0.25, 0.3) is 0 Å². The molecule has 38 heavy (non-hydrogen) atoms. The molecule has 5 rings (SSSR count). The van der Waals surface area contributed by atoms with Gasteiger partial charge in [-0.3, -0.25) is 14.4 Å². The number of carbonyl (C=O) groups excluding carboxylic acids is 2. The highest BCUT2D eigenvalue weighted by atomic mass is 32.2. The van der Waals surface area contributed by atoms with Crippen molar-refractivity contribution in [1.82, 2.24) is 29.8 Å². The number of aromatic nitrogens is 4. The first kappa shape index (κ1) is 27.1. The fraction of sp³-hybridized carbons (Fsp3) is 0.619. The van der Waals surface area contributed by atoms with Crippen molar-refractivity contribution in [2.75, 3.05) is 23.8 Å². The van der Waals surface area contributed by atoms with Crippen LogP contribution in [0, 0.1) is 5.41 Å². The van der Waals surface area contributed by atoms with Crippen LogP contribution in [0.5, 0.6) is 0 Å². The number of amides is 2. The second-order valence-electron chi connectivity index (χ2n) is 9.31. The van der Waals surface area contributed by atoms with Crippen molar-refractivity contribution < 1.29 is 24.3 Å². The Hall–Kier alpha value is -2.50. The number of carboxylic acids is 1. The summed E-state index contributed by atoms with van der Waals surface area (Å²) in [4.78, 5) is 49.8. The number of nitrogens with zero attached hydrogens (tertiary/aromatic N) is 6. The van der Waals surface area contributed by atoms with Gasteiger partial charge in [-0.15, -0.1) is 22.0 Å². The summed E-state index contributed by atoms with van der Waals surface area (Å²) in [5, 5.41) is 24.4. The molecule has 3 aliphatic rings. The van der Waals surface area contributed by atoms with Crippen molar-refractivity contribution in [3.63, 3.8) is 0 Å². The van der Waals surface area contributed by atoms with E-state index >= 15 is 0 Å². The van der Waals surface area contributed by atoms with E-state index in [1.807, 2.05) is 0 Å². The lowest BCUT2D eigenvalue weighted by Crippen LogP contribution is -2.74. The van der Waals surface area contributed by atoms with Crippen LogP contribution in [0.1, 0.15) is 44.3 Å². The molecule has 0 aromatic carbocycles. The third-order valence-electron chi connectivity index (χ3n) is 6.66. The maximum absolute atomic E-state index is 13.3. The van der Waals surface area contributed by atoms with Crippen LogP contribution in [0.15, 0.2) is 15.0 Å². The number of fused-ring (bicyclic) bond motifs is 1. The van der Waals surface area contributed by atoms with Crippen LogP contribution in [0.3, 0.4) is 0 Å². The van der Waals surface area contributed by atoms with Crippen LogP contribution >= 0.6 is 46.4 Å². The molecule has 204 valence electrons. The van der Waals surface area contributed by atoms with Crippen LogP contribution in [0.4, 0.5) is 5.13 Å². The summed E-state index contributed by atoms with van der Waals surface area (Å²) >= 11 is 4.92. The van der Waals surface area contributed by atoms with E-state index < -0.39 is 23.3 Å². The Morgan fingerprint density at radius 2 is 2.11 bits per heavy atom. The van der Waals surface area contributed by atoms with E-state index in [1.54, 1.807) is 5.51 Å². The molecule has 2 amide bonds. The van der Waals surface area contributed by atoms with Gasteiger partial charge in [0.15, 0.2) is 9.47 Å². The van der Waals surface area contributed by atoms with Gasteiger partial charge in [0.25, 0.3) is 5.91 Å². The van der Waals surface area contributed by atoms with Crippen molar-refractivity contribution in [2.45, 2.75) is 60.4 Å². The number of hydrogen-bond donors (Lipinski definition) is 3. The minimum atomic E-state index is -1.14. The van der Waals surface area contributed by atoms with Gasteiger partial charge >= 0.3 is 5.97 Å². The lowest BCUT2D eigenvalue weighted by Gasteiger charge is -2.53. The molecule has 1 saturated carbocycles. The van der Waals surface area contributed by atoms with Crippen LogP contribution in [-0.4, -0.2) is 88.6 Å². The number of nitrogens with two attached hydrogens (primary N) is 1. The molecular formula is C21H26N8O5S4. The number of anilines is 1. The molecule has 3 fully saturated rings. The van der Waals surface area contributed by atoms with E-state index in [-0.39, 0.29) is 52.1 Å². The number of carbonyl (C=O) groups is 3. The zero-order chi connectivity index (χ0) is 26.7. The zero-order valence-electron chi connectivity index (χ0n) is 20.1. The monoisotopic (exact) mass is 598 g/mol.